The van der Waals surface area contributed by atoms with Crippen molar-refractivity contribution in [2.75, 3.05) is 12.8 Å². The summed E-state index contributed by atoms with van der Waals surface area (Å²) in [6.45, 7) is 1.96. The van der Waals surface area contributed by atoms with Crippen molar-refractivity contribution in [3.05, 3.63) is 35.9 Å². The van der Waals surface area contributed by atoms with Gasteiger partial charge in [-0.15, -0.1) is 0 Å². The largest absolute Gasteiger partial charge is 0.328 e. The Labute approximate surface area is 95.0 Å². The Morgan fingerprint density at radius 2 is 2.12 bits per heavy atom. The molecule has 1 aliphatic rings. The van der Waals surface area contributed by atoms with Gasteiger partial charge in [0, 0.05) is 11.5 Å². The SMILES string of the molecule is C[C@@]1(N)COP(=O)(O)C[C@H]1c1ccccc1. The van der Waals surface area contributed by atoms with Crippen molar-refractivity contribution in [2.45, 2.75) is 18.4 Å². The Kier molecular flexibility index (Phi) is 2.93. The first-order chi connectivity index (χ1) is 7.41. The second-order valence-corrected chi connectivity index (χ2v) is 6.46. The summed E-state index contributed by atoms with van der Waals surface area (Å²) in [6.07, 6.45) is 0.0873. The molecule has 0 radical (unpaired) electrons. The Hall–Kier alpha value is -0.670. The molecule has 0 aromatic heterocycles. The summed E-state index contributed by atoms with van der Waals surface area (Å²) in [5, 5.41) is 0. The number of benzene rings is 1. The molecule has 16 heavy (non-hydrogen) atoms. The van der Waals surface area contributed by atoms with E-state index >= 15 is 0 Å². The molecule has 3 atom stereocenters. The molecule has 0 spiro atoms. The Morgan fingerprint density at radius 1 is 1.50 bits per heavy atom. The van der Waals surface area contributed by atoms with Crippen LogP contribution in [0.3, 0.4) is 0 Å². The van der Waals surface area contributed by atoms with Crippen molar-refractivity contribution in [3.8, 4) is 0 Å². The van der Waals surface area contributed by atoms with Crippen molar-refractivity contribution in [1.29, 1.82) is 0 Å². The highest BCUT2D eigenvalue weighted by Crippen LogP contribution is 2.52. The van der Waals surface area contributed by atoms with E-state index in [9.17, 15) is 9.46 Å². The van der Waals surface area contributed by atoms with Gasteiger partial charge >= 0.3 is 7.60 Å². The molecule has 88 valence electrons. The zero-order valence-corrected chi connectivity index (χ0v) is 10.1. The van der Waals surface area contributed by atoms with Crippen LogP contribution in [0.5, 0.6) is 0 Å². The summed E-state index contributed by atoms with van der Waals surface area (Å²) in [5.41, 5.74) is 6.51. The molecular weight excluding hydrogens is 225 g/mol. The van der Waals surface area contributed by atoms with Gasteiger partial charge in [0.15, 0.2) is 0 Å². The lowest BCUT2D eigenvalue weighted by atomic mass is 9.83. The molecule has 0 bridgehead atoms. The van der Waals surface area contributed by atoms with Crippen LogP contribution in [-0.2, 0) is 9.09 Å². The molecule has 4 nitrogen and oxygen atoms in total. The fraction of sp³-hybridized carbons (Fsp3) is 0.455. The predicted octanol–water partition coefficient (Wildman–Crippen LogP) is 1.70. The molecule has 1 unspecified atom stereocenters. The van der Waals surface area contributed by atoms with E-state index in [1.807, 2.05) is 37.3 Å². The Balaban J connectivity index is 2.33. The van der Waals surface area contributed by atoms with Gasteiger partial charge in [0.25, 0.3) is 0 Å². The van der Waals surface area contributed by atoms with Gasteiger partial charge < -0.3 is 15.2 Å². The highest BCUT2D eigenvalue weighted by atomic mass is 31.2. The van der Waals surface area contributed by atoms with Crippen LogP contribution in [0.4, 0.5) is 0 Å². The average Bonchev–Trinajstić information content (AvgIpc) is 2.24. The van der Waals surface area contributed by atoms with Crippen molar-refractivity contribution in [3.63, 3.8) is 0 Å². The van der Waals surface area contributed by atoms with Crippen LogP contribution in [-0.4, -0.2) is 23.2 Å². The molecule has 2 rings (SSSR count). The molecule has 0 saturated carbocycles. The molecule has 5 heteroatoms. The first-order valence-corrected chi connectivity index (χ1v) is 6.97. The minimum absolute atomic E-state index is 0.0873. The van der Waals surface area contributed by atoms with Crippen molar-refractivity contribution in [1.82, 2.24) is 0 Å². The van der Waals surface area contributed by atoms with Crippen LogP contribution in [0.25, 0.3) is 0 Å². The molecular formula is C11H16NO3P. The number of rotatable bonds is 1. The maximum Gasteiger partial charge on any atom is 0.328 e. The minimum Gasteiger partial charge on any atom is -0.324 e. The Morgan fingerprint density at radius 3 is 2.75 bits per heavy atom. The summed E-state index contributed by atoms with van der Waals surface area (Å²) in [4.78, 5) is 9.52. The summed E-state index contributed by atoms with van der Waals surface area (Å²) >= 11 is 0. The van der Waals surface area contributed by atoms with Gasteiger partial charge in [-0.3, -0.25) is 4.57 Å². The van der Waals surface area contributed by atoms with Gasteiger partial charge in [-0.25, -0.2) is 0 Å². The van der Waals surface area contributed by atoms with Crippen LogP contribution in [0.15, 0.2) is 30.3 Å². The molecule has 1 heterocycles. The second kappa shape index (κ2) is 3.97. The van der Waals surface area contributed by atoms with E-state index in [4.69, 9.17) is 10.3 Å². The van der Waals surface area contributed by atoms with Crippen LogP contribution in [0, 0.1) is 0 Å². The van der Waals surface area contributed by atoms with Gasteiger partial charge in [-0.05, 0) is 12.5 Å². The smallest absolute Gasteiger partial charge is 0.324 e. The van der Waals surface area contributed by atoms with Gasteiger partial charge in [0.2, 0.25) is 0 Å². The van der Waals surface area contributed by atoms with E-state index < -0.39 is 13.1 Å². The fourth-order valence-electron chi connectivity index (χ4n) is 2.00. The molecule has 1 fully saturated rings. The van der Waals surface area contributed by atoms with Gasteiger partial charge in [0.05, 0.1) is 12.8 Å². The number of hydrogen-bond acceptors (Lipinski definition) is 3. The van der Waals surface area contributed by atoms with E-state index in [0.29, 0.717) is 0 Å². The summed E-state index contributed by atoms with van der Waals surface area (Å²) in [7, 11) is -3.47. The molecule has 1 aromatic carbocycles. The van der Waals surface area contributed by atoms with E-state index in [2.05, 4.69) is 0 Å². The third-order valence-corrected chi connectivity index (χ3v) is 4.35. The quantitative estimate of drug-likeness (QED) is 0.734. The molecule has 1 aromatic rings. The maximum absolute atomic E-state index is 11.6. The first kappa shape index (κ1) is 11.8. The topological polar surface area (TPSA) is 72.5 Å². The molecule has 0 aliphatic carbocycles. The van der Waals surface area contributed by atoms with Crippen molar-refractivity contribution in [2.24, 2.45) is 5.73 Å². The van der Waals surface area contributed by atoms with Crippen LogP contribution < -0.4 is 5.73 Å². The van der Waals surface area contributed by atoms with Crippen LogP contribution in [0.1, 0.15) is 18.4 Å². The third kappa shape index (κ3) is 2.36. The van der Waals surface area contributed by atoms with Gasteiger partial charge in [-0.2, -0.15) is 0 Å². The summed E-state index contributed by atoms with van der Waals surface area (Å²) in [6, 6.07) is 9.59. The predicted molar refractivity (Wildman–Crippen MR) is 62.4 cm³/mol. The summed E-state index contributed by atoms with van der Waals surface area (Å²) in [5.74, 6) is -0.140. The number of hydrogen-bond donors (Lipinski definition) is 2. The monoisotopic (exact) mass is 241 g/mol. The van der Waals surface area contributed by atoms with Crippen LogP contribution in [0.2, 0.25) is 0 Å². The molecule has 3 N–H and O–H groups in total. The van der Waals surface area contributed by atoms with E-state index in [0.717, 1.165) is 5.56 Å². The highest BCUT2D eigenvalue weighted by Gasteiger charge is 2.43. The zero-order chi connectivity index (χ0) is 11.8. The lowest BCUT2D eigenvalue weighted by Gasteiger charge is -2.39. The summed E-state index contributed by atoms with van der Waals surface area (Å²) < 4.78 is 16.5. The van der Waals surface area contributed by atoms with E-state index in [1.165, 1.54) is 0 Å². The lowest BCUT2D eigenvalue weighted by molar-refractivity contribution is 0.156. The molecule has 0 amide bonds. The normalized spacial score (nSPS) is 39.6. The maximum atomic E-state index is 11.6. The molecule has 1 aliphatic heterocycles. The van der Waals surface area contributed by atoms with Crippen molar-refractivity contribution >= 4 is 7.60 Å². The highest BCUT2D eigenvalue weighted by molar-refractivity contribution is 7.52. The van der Waals surface area contributed by atoms with E-state index in [-0.39, 0.29) is 18.7 Å². The van der Waals surface area contributed by atoms with Crippen molar-refractivity contribution < 1.29 is 14.0 Å². The lowest BCUT2D eigenvalue weighted by Crippen LogP contribution is -2.50. The molecule has 1 saturated heterocycles. The van der Waals surface area contributed by atoms with Crippen LogP contribution >= 0.6 is 7.60 Å². The second-order valence-electron chi connectivity index (χ2n) is 4.56. The third-order valence-electron chi connectivity index (χ3n) is 2.99. The van der Waals surface area contributed by atoms with Gasteiger partial charge in [-0.1, -0.05) is 30.3 Å². The van der Waals surface area contributed by atoms with Gasteiger partial charge in [0.1, 0.15) is 0 Å². The first-order valence-electron chi connectivity index (χ1n) is 5.21. The minimum atomic E-state index is -3.47. The number of nitrogens with two attached hydrogens (primary N) is 1. The standard InChI is InChI=1S/C11H16NO3P/c1-11(12)8-15-16(13,14)7-10(11)9-5-3-2-4-6-9/h2-6,10H,7-8,12H2,1H3,(H,13,14)/t10-,11+/m0/s1. The Bertz CT molecular complexity index is 418. The zero-order valence-electron chi connectivity index (χ0n) is 9.17. The average molecular weight is 241 g/mol. The van der Waals surface area contributed by atoms with E-state index in [1.54, 1.807) is 0 Å². The fourth-order valence-corrected chi connectivity index (χ4v) is 3.68.